The predicted molar refractivity (Wildman–Crippen MR) is 72.6 cm³/mol. The third-order valence-corrected chi connectivity index (χ3v) is 3.69. The molecule has 0 heterocycles. The van der Waals surface area contributed by atoms with Crippen LogP contribution in [0.15, 0.2) is 24.3 Å². The van der Waals surface area contributed by atoms with Crippen LogP contribution >= 0.6 is 11.6 Å². The summed E-state index contributed by atoms with van der Waals surface area (Å²) in [5, 5.41) is 4.97. The van der Waals surface area contributed by atoms with Gasteiger partial charge in [0.1, 0.15) is 0 Å². The van der Waals surface area contributed by atoms with Crippen molar-refractivity contribution in [3.63, 3.8) is 0 Å². The number of alkyl halides is 1. The Labute approximate surface area is 111 Å². The molecule has 0 atom stereocenters. The van der Waals surface area contributed by atoms with Gasteiger partial charge >= 0.3 is 6.03 Å². The highest BCUT2D eigenvalue weighted by Gasteiger charge is 2.09. The maximum atomic E-state index is 11.4. The normalized spacial score (nSPS) is 10.8. The van der Waals surface area contributed by atoms with Gasteiger partial charge in [0.25, 0.3) is 0 Å². The maximum Gasteiger partial charge on any atom is 0.318 e. The number of amides is 2. The molecule has 1 rings (SSSR count). The maximum absolute atomic E-state index is 11.4. The van der Waals surface area contributed by atoms with E-state index in [0.717, 1.165) is 0 Å². The lowest BCUT2D eigenvalue weighted by Gasteiger charge is -2.08. The molecule has 1 aromatic carbocycles. The van der Waals surface area contributed by atoms with Gasteiger partial charge < -0.3 is 10.6 Å². The fraction of sp³-hybridized carbons (Fsp3) is 0.300. The SMILES string of the molecule is CNC(=O)Nc1ccc(NS(=O)(=O)CCCl)cc1. The Kier molecular flexibility index (Phi) is 5.24. The third-order valence-electron chi connectivity index (χ3n) is 1.99. The lowest BCUT2D eigenvalue weighted by Crippen LogP contribution is -2.24. The van der Waals surface area contributed by atoms with E-state index in [0.29, 0.717) is 11.4 Å². The van der Waals surface area contributed by atoms with E-state index in [1.165, 1.54) is 7.05 Å². The number of urea groups is 1. The van der Waals surface area contributed by atoms with Crippen LogP contribution in [0.2, 0.25) is 0 Å². The van der Waals surface area contributed by atoms with Crippen molar-refractivity contribution in [2.24, 2.45) is 0 Å². The number of hydrogen-bond acceptors (Lipinski definition) is 3. The van der Waals surface area contributed by atoms with Crippen LogP contribution in [0.4, 0.5) is 16.2 Å². The Morgan fingerprint density at radius 1 is 1.22 bits per heavy atom. The van der Waals surface area contributed by atoms with Gasteiger partial charge in [-0.3, -0.25) is 4.72 Å². The molecule has 0 aliphatic rings. The number of nitrogens with one attached hydrogen (secondary N) is 3. The molecule has 100 valence electrons. The van der Waals surface area contributed by atoms with Crippen molar-refractivity contribution < 1.29 is 13.2 Å². The van der Waals surface area contributed by atoms with Gasteiger partial charge in [0.2, 0.25) is 10.0 Å². The average Bonchev–Trinajstić information content (AvgIpc) is 2.31. The van der Waals surface area contributed by atoms with Gasteiger partial charge in [-0.2, -0.15) is 0 Å². The topological polar surface area (TPSA) is 87.3 Å². The van der Waals surface area contributed by atoms with Crippen LogP contribution < -0.4 is 15.4 Å². The molecule has 0 aliphatic heterocycles. The van der Waals surface area contributed by atoms with Gasteiger partial charge in [0, 0.05) is 24.3 Å². The highest BCUT2D eigenvalue weighted by atomic mass is 35.5. The van der Waals surface area contributed by atoms with Gasteiger partial charge in [-0.1, -0.05) is 0 Å². The summed E-state index contributed by atoms with van der Waals surface area (Å²) in [6.07, 6.45) is 0. The average molecular weight is 292 g/mol. The van der Waals surface area contributed by atoms with E-state index in [9.17, 15) is 13.2 Å². The van der Waals surface area contributed by atoms with Gasteiger partial charge in [0.05, 0.1) is 5.75 Å². The lowest BCUT2D eigenvalue weighted by molar-refractivity contribution is 0.254. The Morgan fingerprint density at radius 3 is 2.28 bits per heavy atom. The second kappa shape index (κ2) is 6.46. The summed E-state index contributed by atoms with van der Waals surface area (Å²) < 4.78 is 25.2. The zero-order chi connectivity index (χ0) is 13.6. The second-order valence-electron chi connectivity index (χ2n) is 3.39. The van der Waals surface area contributed by atoms with E-state index < -0.39 is 10.0 Å². The summed E-state index contributed by atoms with van der Waals surface area (Å²) in [4.78, 5) is 11.0. The summed E-state index contributed by atoms with van der Waals surface area (Å²) in [7, 11) is -1.90. The molecule has 0 saturated carbocycles. The molecule has 0 spiro atoms. The monoisotopic (exact) mass is 291 g/mol. The van der Waals surface area contributed by atoms with Gasteiger partial charge in [-0.25, -0.2) is 13.2 Å². The fourth-order valence-electron chi connectivity index (χ4n) is 1.15. The zero-order valence-electron chi connectivity index (χ0n) is 9.73. The van der Waals surface area contributed by atoms with Crippen LogP contribution in [0.3, 0.4) is 0 Å². The molecule has 18 heavy (non-hydrogen) atoms. The van der Waals surface area contributed by atoms with Crippen molar-refractivity contribution >= 4 is 39.0 Å². The number of carbonyl (C=O) groups excluding carboxylic acids is 1. The number of sulfonamides is 1. The highest BCUT2D eigenvalue weighted by Crippen LogP contribution is 2.14. The van der Waals surface area contributed by atoms with E-state index in [4.69, 9.17) is 11.6 Å². The van der Waals surface area contributed by atoms with Crippen molar-refractivity contribution in [1.82, 2.24) is 5.32 Å². The molecule has 1 aromatic rings. The van der Waals surface area contributed by atoms with Crippen LogP contribution in [0.1, 0.15) is 0 Å². The number of benzene rings is 1. The zero-order valence-corrected chi connectivity index (χ0v) is 11.3. The van der Waals surface area contributed by atoms with Crippen LogP contribution in [-0.4, -0.2) is 33.1 Å². The van der Waals surface area contributed by atoms with Crippen LogP contribution in [0.25, 0.3) is 0 Å². The van der Waals surface area contributed by atoms with E-state index in [1.807, 2.05) is 0 Å². The van der Waals surface area contributed by atoms with E-state index in [-0.39, 0.29) is 17.7 Å². The molecule has 0 radical (unpaired) electrons. The Morgan fingerprint density at radius 2 is 1.78 bits per heavy atom. The molecule has 2 amide bonds. The third kappa shape index (κ3) is 4.80. The first-order valence-corrected chi connectivity index (χ1v) is 7.31. The summed E-state index contributed by atoms with van der Waals surface area (Å²) in [6, 6.07) is 5.95. The molecule has 0 aromatic heterocycles. The van der Waals surface area contributed by atoms with Crippen molar-refractivity contribution in [3.8, 4) is 0 Å². The number of anilines is 2. The van der Waals surface area contributed by atoms with Crippen molar-refractivity contribution in [1.29, 1.82) is 0 Å². The molecule has 0 aliphatic carbocycles. The fourth-order valence-corrected chi connectivity index (χ4v) is 2.56. The molecule has 0 fully saturated rings. The number of rotatable bonds is 5. The summed E-state index contributed by atoms with van der Waals surface area (Å²) in [6.45, 7) is 0. The first-order valence-electron chi connectivity index (χ1n) is 5.12. The Balaban J connectivity index is 2.69. The van der Waals surface area contributed by atoms with Crippen molar-refractivity contribution in [2.75, 3.05) is 28.7 Å². The molecule has 0 unspecified atom stereocenters. The predicted octanol–water partition coefficient (Wildman–Crippen LogP) is 1.42. The lowest BCUT2D eigenvalue weighted by atomic mass is 10.3. The minimum absolute atomic E-state index is 0.0334. The minimum atomic E-state index is -3.41. The minimum Gasteiger partial charge on any atom is -0.341 e. The number of halogens is 1. The van der Waals surface area contributed by atoms with Gasteiger partial charge in [-0.05, 0) is 24.3 Å². The van der Waals surface area contributed by atoms with E-state index in [2.05, 4.69) is 15.4 Å². The molecular weight excluding hydrogens is 278 g/mol. The molecule has 0 saturated heterocycles. The van der Waals surface area contributed by atoms with Crippen LogP contribution in [0, 0.1) is 0 Å². The Hall–Kier alpha value is -1.47. The van der Waals surface area contributed by atoms with Gasteiger partial charge in [0.15, 0.2) is 0 Å². The van der Waals surface area contributed by atoms with Crippen LogP contribution in [0.5, 0.6) is 0 Å². The first-order chi connectivity index (χ1) is 8.46. The van der Waals surface area contributed by atoms with E-state index in [1.54, 1.807) is 24.3 Å². The molecule has 6 nitrogen and oxygen atoms in total. The number of hydrogen-bond donors (Lipinski definition) is 3. The first kappa shape index (κ1) is 14.6. The van der Waals surface area contributed by atoms with Crippen LogP contribution in [-0.2, 0) is 10.0 Å². The molecule has 3 N–H and O–H groups in total. The quantitative estimate of drug-likeness (QED) is 0.717. The smallest absolute Gasteiger partial charge is 0.318 e. The van der Waals surface area contributed by atoms with Gasteiger partial charge in [-0.15, -0.1) is 11.6 Å². The second-order valence-corrected chi connectivity index (χ2v) is 5.61. The molecule has 8 heteroatoms. The van der Waals surface area contributed by atoms with Crippen molar-refractivity contribution in [2.45, 2.75) is 0 Å². The summed E-state index contributed by atoms with van der Waals surface area (Å²) in [5.41, 5.74) is 0.984. The summed E-state index contributed by atoms with van der Waals surface area (Å²) in [5.74, 6) is -0.113. The molecular formula is C10H14ClN3O3S. The number of carbonyl (C=O) groups is 1. The highest BCUT2D eigenvalue weighted by molar-refractivity contribution is 7.92. The standard InChI is InChI=1S/C10H14ClN3O3S/c1-12-10(15)13-8-2-4-9(5-3-8)14-18(16,17)7-6-11/h2-5,14H,6-7H2,1H3,(H2,12,13,15). The summed E-state index contributed by atoms with van der Waals surface area (Å²) >= 11 is 5.38. The largest absolute Gasteiger partial charge is 0.341 e. The Bertz CT molecular complexity index is 502. The van der Waals surface area contributed by atoms with Crippen molar-refractivity contribution in [3.05, 3.63) is 24.3 Å². The molecule has 0 bridgehead atoms. The van der Waals surface area contributed by atoms with E-state index >= 15 is 0 Å².